The van der Waals surface area contributed by atoms with Crippen LogP contribution in [0.15, 0.2) is 53.4 Å². The number of carbonyl (C=O) groups excluding carboxylic acids is 1. The quantitative estimate of drug-likeness (QED) is 0.562. The molecule has 2 N–H and O–H groups in total. The number of benzene rings is 2. The molecule has 7 nitrogen and oxygen atoms in total. The molecule has 0 saturated heterocycles. The second-order valence-electron chi connectivity index (χ2n) is 6.00. The summed E-state index contributed by atoms with van der Waals surface area (Å²) in [6, 6.07) is 12.5. The van der Waals surface area contributed by atoms with Gasteiger partial charge in [-0.2, -0.15) is 13.5 Å². The van der Waals surface area contributed by atoms with Crippen LogP contribution in [0.3, 0.4) is 0 Å². The van der Waals surface area contributed by atoms with Crippen molar-refractivity contribution in [3.05, 3.63) is 54.1 Å². The number of nitrogens with zero attached hydrogens (tertiary/aromatic N) is 2. The van der Waals surface area contributed by atoms with Crippen molar-refractivity contribution < 1.29 is 13.2 Å². The largest absolute Gasteiger partial charge is 0.354 e. The number of hydrogen-bond donors (Lipinski definition) is 2. The van der Waals surface area contributed by atoms with Crippen LogP contribution in [0.2, 0.25) is 0 Å². The lowest BCUT2D eigenvalue weighted by Gasteiger charge is -2.19. The molecule has 142 valence electrons. The Morgan fingerprint density at radius 2 is 1.89 bits per heavy atom. The molecule has 1 aromatic heterocycles. The minimum absolute atomic E-state index is 0.0102. The van der Waals surface area contributed by atoms with Crippen molar-refractivity contribution in [3.63, 3.8) is 0 Å². The monoisotopic (exact) mass is 404 g/mol. The Bertz CT molecular complexity index is 1020. The number of carbonyl (C=O) groups is 1. The molecular weight excluding hydrogens is 384 g/mol. The summed E-state index contributed by atoms with van der Waals surface area (Å²) in [5.74, 6) is -0.387. The Hall–Kier alpha value is -2.36. The van der Waals surface area contributed by atoms with E-state index in [9.17, 15) is 13.2 Å². The van der Waals surface area contributed by atoms with E-state index in [0.29, 0.717) is 23.1 Å². The molecule has 0 aliphatic heterocycles. The Labute approximate surface area is 162 Å². The van der Waals surface area contributed by atoms with E-state index in [2.05, 4.69) is 18.8 Å². The van der Waals surface area contributed by atoms with Crippen molar-refractivity contribution in [1.82, 2.24) is 18.8 Å². The maximum absolute atomic E-state index is 13.0. The highest BCUT2D eigenvalue weighted by Crippen LogP contribution is 2.23. The molecule has 0 aliphatic rings. The Balaban J connectivity index is 1.93. The summed E-state index contributed by atoms with van der Waals surface area (Å²) in [6.07, 6.45) is 1.75. The van der Waals surface area contributed by atoms with Crippen LogP contribution >= 0.6 is 11.7 Å². The predicted molar refractivity (Wildman–Crippen MR) is 105 cm³/mol. The summed E-state index contributed by atoms with van der Waals surface area (Å²) in [4.78, 5) is 12.7. The molecular formula is C18H20N4O3S2. The Kier molecular flexibility index (Phi) is 6.15. The van der Waals surface area contributed by atoms with E-state index in [-0.39, 0.29) is 10.8 Å². The van der Waals surface area contributed by atoms with Gasteiger partial charge in [-0.15, -0.1) is 0 Å². The van der Waals surface area contributed by atoms with Gasteiger partial charge in [0.25, 0.3) is 0 Å². The van der Waals surface area contributed by atoms with Crippen LogP contribution in [0.5, 0.6) is 0 Å². The fourth-order valence-corrected chi connectivity index (χ4v) is 4.58. The summed E-state index contributed by atoms with van der Waals surface area (Å²) < 4.78 is 36.7. The van der Waals surface area contributed by atoms with Crippen molar-refractivity contribution in [2.75, 3.05) is 6.54 Å². The third kappa shape index (κ3) is 4.49. The lowest BCUT2D eigenvalue weighted by Crippen LogP contribution is -2.40. The number of rotatable bonds is 8. The molecule has 0 spiro atoms. The predicted octanol–water partition coefficient (Wildman–Crippen LogP) is 2.63. The van der Waals surface area contributed by atoms with E-state index in [0.717, 1.165) is 24.6 Å². The SMILES string of the molecule is CCCCNC(=O)[C@H](NS(=O)(=O)c1cccc2nsnc12)c1ccccc1. The van der Waals surface area contributed by atoms with Gasteiger partial charge in [0.15, 0.2) is 0 Å². The van der Waals surface area contributed by atoms with Gasteiger partial charge in [0.1, 0.15) is 22.0 Å². The van der Waals surface area contributed by atoms with Gasteiger partial charge in [0.05, 0.1) is 11.7 Å². The zero-order valence-electron chi connectivity index (χ0n) is 14.8. The maximum atomic E-state index is 13.0. The highest BCUT2D eigenvalue weighted by Gasteiger charge is 2.28. The minimum atomic E-state index is -3.99. The van der Waals surface area contributed by atoms with Crippen LogP contribution in [0.4, 0.5) is 0 Å². The Morgan fingerprint density at radius 1 is 1.11 bits per heavy atom. The van der Waals surface area contributed by atoms with Crippen LogP contribution in [-0.4, -0.2) is 29.6 Å². The minimum Gasteiger partial charge on any atom is -0.354 e. The van der Waals surface area contributed by atoms with Crippen molar-refractivity contribution in [3.8, 4) is 0 Å². The molecule has 0 aliphatic carbocycles. The molecule has 2 aromatic carbocycles. The molecule has 9 heteroatoms. The van der Waals surface area contributed by atoms with E-state index in [1.807, 2.05) is 13.0 Å². The lowest BCUT2D eigenvalue weighted by molar-refractivity contribution is -0.122. The number of fused-ring (bicyclic) bond motifs is 1. The van der Waals surface area contributed by atoms with Crippen LogP contribution < -0.4 is 10.0 Å². The number of aromatic nitrogens is 2. The zero-order chi connectivity index (χ0) is 19.3. The van der Waals surface area contributed by atoms with Gasteiger partial charge in [-0.1, -0.05) is 49.7 Å². The number of sulfonamides is 1. The van der Waals surface area contributed by atoms with Crippen molar-refractivity contribution in [1.29, 1.82) is 0 Å². The molecule has 0 unspecified atom stereocenters. The smallest absolute Gasteiger partial charge is 0.243 e. The molecule has 0 fully saturated rings. The van der Waals surface area contributed by atoms with E-state index >= 15 is 0 Å². The first-order valence-electron chi connectivity index (χ1n) is 8.59. The fraction of sp³-hybridized carbons (Fsp3) is 0.278. The molecule has 0 bridgehead atoms. The van der Waals surface area contributed by atoms with Crippen LogP contribution in [0.1, 0.15) is 31.4 Å². The first kappa shape index (κ1) is 19.4. The van der Waals surface area contributed by atoms with Crippen LogP contribution in [0.25, 0.3) is 11.0 Å². The standard InChI is InChI=1S/C18H20N4O3S2/c1-2-3-12-19-18(23)16(13-8-5-4-6-9-13)22-27(24,25)15-11-7-10-14-17(15)21-26-20-14/h4-11,16,22H,2-3,12H2,1H3,(H,19,23)/t16-/m1/s1. The van der Waals surface area contributed by atoms with E-state index in [1.165, 1.54) is 6.07 Å². The fourth-order valence-electron chi connectivity index (χ4n) is 2.63. The molecule has 3 aromatic rings. The van der Waals surface area contributed by atoms with E-state index in [4.69, 9.17) is 0 Å². The van der Waals surface area contributed by atoms with E-state index in [1.54, 1.807) is 36.4 Å². The molecule has 3 rings (SSSR count). The summed E-state index contributed by atoms with van der Waals surface area (Å²) in [7, 11) is -3.99. The molecule has 1 atom stereocenters. The van der Waals surface area contributed by atoms with Gasteiger partial charge in [0, 0.05) is 6.54 Å². The number of hydrogen-bond acceptors (Lipinski definition) is 6. The second kappa shape index (κ2) is 8.55. The average Bonchev–Trinajstić information content (AvgIpc) is 3.15. The van der Waals surface area contributed by atoms with E-state index < -0.39 is 16.1 Å². The lowest BCUT2D eigenvalue weighted by atomic mass is 10.1. The summed E-state index contributed by atoms with van der Waals surface area (Å²) in [6.45, 7) is 2.51. The van der Waals surface area contributed by atoms with Gasteiger partial charge < -0.3 is 5.32 Å². The number of amides is 1. The third-order valence-corrected chi connectivity index (χ3v) is 6.03. The van der Waals surface area contributed by atoms with Gasteiger partial charge in [-0.3, -0.25) is 4.79 Å². The zero-order valence-corrected chi connectivity index (χ0v) is 16.4. The number of unbranched alkanes of at least 4 members (excludes halogenated alkanes) is 1. The molecule has 27 heavy (non-hydrogen) atoms. The van der Waals surface area contributed by atoms with Gasteiger partial charge in [-0.05, 0) is 24.1 Å². The van der Waals surface area contributed by atoms with Crippen molar-refractivity contribution in [2.24, 2.45) is 0 Å². The van der Waals surface area contributed by atoms with Gasteiger partial charge >= 0.3 is 0 Å². The number of nitrogens with one attached hydrogen (secondary N) is 2. The first-order valence-corrected chi connectivity index (χ1v) is 10.8. The summed E-state index contributed by atoms with van der Waals surface area (Å²) >= 11 is 0.947. The summed E-state index contributed by atoms with van der Waals surface area (Å²) in [5, 5.41) is 2.80. The van der Waals surface area contributed by atoms with Crippen molar-refractivity contribution in [2.45, 2.75) is 30.7 Å². The Morgan fingerprint density at radius 3 is 2.63 bits per heavy atom. The highest BCUT2D eigenvalue weighted by molar-refractivity contribution is 7.89. The topological polar surface area (TPSA) is 101 Å². The van der Waals surface area contributed by atoms with Gasteiger partial charge in [0.2, 0.25) is 15.9 Å². The summed E-state index contributed by atoms with van der Waals surface area (Å²) in [5.41, 5.74) is 1.37. The molecule has 1 heterocycles. The maximum Gasteiger partial charge on any atom is 0.243 e. The second-order valence-corrected chi connectivity index (χ2v) is 8.21. The van der Waals surface area contributed by atoms with Crippen LogP contribution in [-0.2, 0) is 14.8 Å². The molecule has 0 radical (unpaired) electrons. The van der Waals surface area contributed by atoms with Crippen LogP contribution in [0, 0.1) is 0 Å². The normalized spacial score (nSPS) is 12.8. The highest BCUT2D eigenvalue weighted by atomic mass is 32.2. The molecule has 1 amide bonds. The first-order chi connectivity index (χ1) is 13.0. The molecule has 0 saturated carbocycles. The average molecular weight is 405 g/mol. The third-order valence-electron chi connectivity index (χ3n) is 4.04. The van der Waals surface area contributed by atoms with Crippen molar-refractivity contribution >= 4 is 38.7 Å². The van der Waals surface area contributed by atoms with Gasteiger partial charge in [-0.25, -0.2) is 8.42 Å².